The molecule has 2 rings (SSSR count). The predicted octanol–water partition coefficient (Wildman–Crippen LogP) is 1.44. The third kappa shape index (κ3) is 2.33. The number of aryl methyl sites for hydroxylation is 1. The Morgan fingerprint density at radius 2 is 2.22 bits per heavy atom. The van der Waals surface area contributed by atoms with E-state index >= 15 is 0 Å². The molecule has 1 aromatic heterocycles. The molecular formula is C12H17N5O. The van der Waals surface area contributed by atoms with Gasteiger partial charge >= 0.3 is 0 Å². The standard InChI is InChI=1S/C12H17N5O/c1-8-6-10(13)4-5-11(8)12-14-15-16-17(12)9(2)7-18-3/h4-6,9H,7,13H2,1-3H3. The lowest BCUT2D eigenvalue weighted by Gasteiger charge is -2.13. The van der Waals surface area contributed by atoms with Crippen molar-refractivity contribution in [1.82, 2.24) is 20.2 Å². The van der Waals surface area contributed by atoms with Crippen LogP contribution in [0.5, 0.6) is 0 Å². The van der Waals surface area contributed by atoms with Crippen LogP contribution in [-0.2, 0) is 4.74 Å². The summed E-state index contributed by atoms with van der Waals surface area (Å²) >= 11 is 0. The number of ether oxygens (including phenoxy) is 1. The Hall–Kier alpha value is -1.95. The summed E-state index contributed by atoms with van der Waals surface area (Å²) in [5, 5.41) is 11.8. The predicted molar refractivity (Wildman–Crippen MR) is 69.0 cm³/mol. The topological polar surface area (TPSA) is 78.8 Å². The average molecular weight is 247 g/mol. The second-order valence-electron chi connectivity index (χ2n) is 4.33. The van der Waals surface area contributed by atoms with Gasteiger partial charge in [-0.25, -0.2) is 4.68 Å². The molecule has 6 heteroatoms. The van der Waals surface area contributed by atoms with Gasteiger partial charge in [-0.1, -0.05) is 0 Å². The fraction of sp³-hybridized carbons (Fsp3) is 0.417. The normalized spacial score (nSPS) is 12.6. The molecule has 1 aromatic carbocycles. The molecule has 1 unspecified atom stereocenters. The fourth-order valence-electron chi connectivity index (χ4n) is 1.92. The minimum atomic E-state index is 0.0805. The van der Waals surface area contributed by atoms with Gasteiger partial charge in [-0.05, 0) is 48.0 Å². The molecule has 2 aromatic rings. The lowest BCUT2D eigenvalue weighted by atomic mass is 10.1. The van der Waals surface area contributed by atoms with E-state index in [-0.39, 0.29) is 6.04 Å². The quantitative estimate of drug-likeness (QED) is 0.827. The van der Waals surface area contributed by atoms with E-state index in [2.05, 4.69) is 15.5 Å². The van der Waals surface area contributed by atoms with Gasteiger partial charge in [-0.3, -0.25) is 0 Å². The smallest absolute Gasteiger partial charge is 0.182 e. The second-order valence-corrected chi connectivity index (χ2v) is 4.33. The average Bonchev–Trinajstić information content (AvgIpc) is 2.78. The van der Waals surface area contributed by atoms with E-state index in [1.54, 1.807) is 11.8 Å². The first-order valence-corrected chi connectivity index (χ1v) is 5.76. The summed E-state index contributed by atoms with van der Waals surface area (Å²) in [5.41, 5.74) is 8.52. The van der Waals surface area contributed by atoms with Crippen LogP contribution in [0.15, 0.2) is 18.2 Å². The third-order valence-electron chi connectivity index (χ3n) is 2.81. The highest BCUT2D eigenvalue weighted by Crippen LogP contribution is 2.24. The molecule has 0 saturated carbocycles. The molecule has 0 bridgehead atoms. The van der Waals surface area contributed by atoms with Crippen molar-refractivity contribution < 1.29 is 4.74 Å². The Morgan fingerprint density at radius 1 is 1.44 bits per heavy atom. The van der Waals surface area contributed by atoms with E-state index in [0.717, 1.165) is 22.6 Å². The maximum absolute atomic E-state index is 5.75. The Kier molecular flexibility index (Phi) is 3.57. The number of methoxy groups -OCH3 is 1. The number of anilines is 1. The summed E-state index contributed by atoms with van der Waals surface area (Å²) in [4.78, 5) is 0. The number of aromatic nitrogens is 4. The highest BCUT2D eigenvalue weighted by atomic mass is 16.5. The van der Waals surface area contributed by atoms with Crippen molar-refractivity contribution in [2.24, 2.45) is 0 Å². The minimum Gasteiger partial charge on any atom is -0.399 e. The molecule has 0 spiro atoms. The van der Waals surface area contributed by atoms with Crippen LogP contribution in [-0.4, -0.2) is 33.9 Å². The van der Waals surface area contributed by atoms with E-state index < -0.39 is 0 Å². The van der Waals surface area contributed by atoms with E-state index in [1.165, 1.54) is 0 Å². The monoisotopic (exact) mass is 247 g/mol. The lowest BCUT2D eigenvalue weighted by Crippen LogP contribution is -2.14. The summed E-state index contributed by atoms with van der Waals surface area (Å²) in [6, 6.07) is 5.78. The van der Waals surface area contributed by atoms with Gasteiger partial charge in [-0.15, -0.1) is 5.10 Å². The fourth-order valence-corrected chi connectivity index (χ4v) is 1.92. The maximum Gasteiger partial charge on any atom is 0.182 e. The van der Waals surface area contributed by atoms with Crippen LogP contribution in [0.1, 0.15) is 18.5 Å². The first-order chi connectivity index (χ1) is 8.63. The largest absolute Gasteiger partial charge is 0.399 e. The molecule has 2 N–H and O–H groups in total. The number of hydrogen-bond acceptors (Lipinski definition) is 5. The van der Waals surface area contributed by atoms with E-state index in [0.29, 0.717) is 6.61 Å². The molecule has 0 aliphatic rings. The van der Waals surface area contributed by atoms with Crippen molar-refractivity contribution in [1.29, 1.82) is 0 Å². The minimum absolute atomic E-state index is 0.0805. The molecule has 0 aliphatic heterocycles. The first-order valence-electron chi connectivity index (χ1n) is 5.76. The summed E-state index contributed by atoms with van der Waals surface area (Å²) < 4.78 is 6.90. The van der Waals surface area contributed by atoms with E-state index in [9.17, 15) is 0 Å². The molecule has 0 aliphatic carbocycles. The molecule has 0 fully saturated rings. The maximum atomic E-state index is 5.75. The molecular weight excluding hydrogens is 230 g/mol. The van der Waals surface area contributed by atoms with Crippen molar-refractivity contribution in [2.45, 2.75) is 19.9 Å². The molecule has 0 radical (unpaired) electrons. The third-order valence-corrected chi connectivity index (χ3v) is 2.81. The van der Waals surface area contributed by atoms with Gasteiger partial charge in [0.15, 0.2) is 5.82 Å². The van der Waals surface area contributed by atoms with Crippen molar-refractivity contribution in [3.8, 4) is 11.4 Å². The van der Waals surface area contributed by atoms with E-state index in [4.69, 9.17) is 10.5 Å². The zero-order valence-corrected chi connectivity index (χ0v) is 10.8. The zero-order valence-electron chi connectivity index (χ0n) is 10.8. The van der Waals surface area contributed by atoms with Crippen LogP contribution in [0.25, 0.3) is 11.4 Å². The molecule has 0 saturated heterocycles. The SMILES string of the molecule is COCC(C)n1nnnc1-c1ccc(N)cc1C. The van der Waals surface area contributed by atoms with Gasteiger partial charge in [0, 0.05) is 18.4 Å². The van der Waals surface area contributed by atoms with Crippen LogP contribution in [0, 0.1) is 6.92 Å². The zero-order chi connectivity index (χ0) is 13.1. The number of benzene rings is 1. The van der Waals surface area contributed by atoms with Crippen molar-refractivity contribution in [2.75, 3.05) is 19.5 Å². The summed E-state index contributed by atoms with van der Waals surface area (Å²) in [6.45, 7) is 4.56. The number of nitrogens with two attached hydrogens (primary N) is 1. The first kappa shape index (κ1) is 12.5. The molecule has 1 atom stereocenters. The molecule has 18 heavy (non-hydrogen) atoms. The Bertz CT molecular complexity index is 537. The second kappa shape index (κ2) is 5.14. The van der Waals surface area contributed by atoms with Crippen molar-refractivity contribution >= 4 is 5.69 Å². The molecule has 96 valence electrons. The molecule has 0 amide bonds. The number of rotatable bonds is 4. The Morgan fingerprint density at radius 3 is 2.89 bits per heavy atom. The number of nitrogen functional groups attached to an aromatic ring is 1. The van der Waals surface area contributed by atoms with Gasteiger partial charge < -0.3 is 10.5 Å². The summed E-state index contributed by atoms with van der Waals surface area (Å²) in [5.74, 6) is 0.733. The van der Waals surface area contributed by atoms with Gasteiger partial charge in [0.1, 0.15) is 0 Å². The number of tetrazole rings is 1. The lowest BCUT2D eigenvalue weighted by molar-refractivity contribution is 0.156. The number of nitrogens with zero attached hydrogens (tertiary/aromatic N) is 4. The van der Waals surface area contributed by atoms with Crippen LogP contribution in [0.2, 0.25) is 0 Å². The number of hydrogen-bond donors (Lipinski definition) is 1. The van der Waals surface area contributed by atoms with E-state index in [1.807, 2.05) is 32.0 Å². The van der Waals surface area contributed by atoms with Crippen LogP contribution >= 0.6 is 0 Å². The van der Waals surface area contributed by atoms with Gasteiger partial charge in [0.05, 0.1) is 12.6 Å². The summed E-state index contributed by atoms with van der Waals surface area (Å²) in [7, 11) is 1.66. The van der Waals surface area contributed by atoms with Crippen LogP contribution < -0.4 is 5.73 Å². The van der Waals surface area contributed by atoms with Crippen LogP contribution in [0.4, 0.5) is 5.69 Å². The van der Waals surface area contributed by atoms with Gasteiger partial charge in [-0.2, -0.15) is 0 Å². The van der Waals surface area contributed by atoms with Crippen molar-refractivity contribution in [3.05, 3.63) is 23.8 Å². The highest BCUT2D eigenvalue weighted by molar-refractivity contribution is 5.63. The Balaban J connectivity index is 2.42. The van der Waals surface area contributed by atoms with Crippen LogP contribution in [0.3, 0.4) is 0 Å². The van der Waals surface area contributed by atoms with Gasteiger partial charge in [0.25, 0.3) is 0 Å². The molecule has 1 heterocycles. The Labute approximate surface area is 106 Å². The summed E-state index contributed by atoms with van der Waals surface area (Å²) in [6.07, 6.45) is 0. The van der Waals surface area contributed by atoms with Crippen molar-refractivity contribution in [3.63, 3.8) is 0 Å². The highest BCUT2D eigenvalue weighted by Gasteiger charge is 2.15. The molecule has 6 nitrogen and oxygen atoms in total. The van der Waals surface area contributed by atoms with Gasteiger partial charge in [0.2, 0.25) is 0 Å².